The van der Waals surface area contributed by atoms with Crippen molar-refractivity contribution in [3.05, 3.63) is 30.1 Å². The maximum absolute atomic E-state index is 10.8. The predicted molar refractivity (Wildman–Crippen MR) is 56.7 cm³/mol. The van der Waals surface area contributed by atoms with E-state index in [9.17, 15) is 4.79 Å². The Labute approximate surface area is 82.8 Å². The van der Waals surface area contributed by atoms with E-state index in [0.717, 1.165) is 5.70 Å². The molecule has 1 aromatic heterocycles. The van der Waals surface area contributed by atoms with E-state index >= 15 is 0 Å². The van der Waals surface area contributed by atoms with Crippen LogP contribution in [0, 0.1) is 0 Å². The van der Waals surface area contributed by atoms with Crippen molar-refractivity contribution in [3.8, 4) is 0 Å². The van der Waals surface area contributed by atoms with E-state index in [0.29, 0.717) is 11.5 Å². The fourth-order valence-corrected chi connectivity index (χ4v) is 1.05. The van der Waals surface area contributed by atoms with Crippen LogP contribution in [0.5, 0.6) is 0 Å². The molecule has 0 amide bonds. The minimum atomic E-state index is -0.00972. The number of nitrogens with zero attached hydrogens (tertiary/aromatic N) is 1. The molecule has 0 saturated carbocycles. The summed E-state index contributed by atoms with van der Waals surface area (Å²) >= 11 is 0. The average Bonchev–Trinajstić information content (AvgIpc) is 2.07. The van der Waals surface area contributed by atoms with Gasteiger partial charge in [-0.15, -0.1) is 0 Å². The maximum Gasteiger partial charge on any atom is 0.154 e. The van der Waals surface area contributed by atoms with Gasteiger partial charge in [-0.25, -0.2) is 4.98 Å². The highest BCUT2D eigenvalue weighted by Crippen LogP contribution is 2.14. The van der Waals surface area contributed by atoms with Crippen molar-refractivity contribution >= 4 is 17.3 Å². The van der Waals surface area contributed by atoms with E-state index in [1.54, 1.807) is 25.3 Å². The molecular formula is C10H13N3O. The third kappa shape index (κ3) is 2.90. The Morgan fingerprint density at radius 1 is 1.57 bits per heavy atom. The van der Waals surface area contributed by atoms with Gasteiger partial charge in [0, 0.05) is 11.9 Å². The van der Waals surface area contributed by atoms with Gasteiger partial charge >= 0.3 is 0 Å². The second kappa shape index (κ2) is 4.41. The second-order valence-corrected chi connectivity index (χ2v) is 3.00. The number of hydrogen-bond acceptors (Lipinski definition) is 4. The van der Waals surface area contributed by atoms with Crippen molar-refractivity contribution in [2.45, 2.75) is 13.8 Å². The third-order valence-corrected chi connectivity index (χ3v) is 1.57. The molecule has 0 aromatic carbocycles. The zero-order chi connectivity index (χ0) is 10.6. The Morgan fingerprint density at radius 3 is 2.86 bits per heavy atom. The Kier molecular flexibility index (Phi) is 3.23. The molecule has 4 nitrogen and oxygen atoms in total. The molecule has 0 unspecified atom stereocenters. The zero-order valence-corrected chi connectivity index (χ0v) is 8.24. The van der Waals surface area contributed by atoms with Crippen LogP contribution in [0.15, 0.2) is 30.1 Å². The van der Waals surface area contributed by atoms with Gasteiger partial charge in [0.15, 0.2) is 11.6 Å². The minimum Gasteiger partial charge on any atom is -0.396 e. The van der Waals surface area contributed by atoms with Crippen molar-refractivity contribution in [1.82, 2.24) is 4.98 Å². The largest absolute Gasteiger partial charge is 0.396 e. The molecule has 1 aromatic rings. The van der Waals surface area contributed by atoms with Gasteiger partial charge in [-0.3, -0.25) is 4.79 Å². The minimum absolute atomic E-state index is 0.00972. The highest BCUT2D eigenvalue weighted by atomic mass is 16.1. The number of anilines is 2. The van der Waals surface area contributed by atoms with E-state index in [1.165, 1.54) is 13.0 Å². The van der Waals surface area contributed by atoms with Crippen molar-refractivity contribution in [3.63, 3.8) is 0 Å². The molecule has 0 fully saturated rings. The summed E-state index contributed by atoms with van der Waals surface area (Å²) in [5, 5.41) is 2.95. The van der Waals surface area contributed by atoms with Crippen LogP contribution in [-0.4, -0.2) is 10.8 Å². The van der Waals surface area contributed by atoms with E-state index in [1.807, 2.05) is 0 Å². The van der Waals surface area contributed by atoms with Crippen LogP contribution in [0.25, 0.3) is 0 Å². The predicted octanol–water partition coefficient (Wildman–Crippen LogP) is 1.57. The van der Waals surface area contributed by atoms with Crippen molar-refractivity contribution in [2.24, 2.45) is 0 Å². The Bertz CT molecular complexity index is 371. The normalized spacial score (nSPS) is 11.1. The van der Waals surface area contributed by atoms with Crippen LogP contribution in [0.2, 0.25) is 0 Å². The molecule has 0 atom stereocenters. The third-order valence-electron chi connectivity index (χ3n) is 1.57. The van der Waals surface area contributed by atoms with E-state index in [-0.39, 0.29) is 5.78 Å². The molecule has 1 rings (SSSR count). The zero-order valence-electron chi connectivity index (χ0n) is 8.24. The van der Waals surface area contributed by atoms with Crippen LogP contribution in [0.3, 0.4) is 0 Å². The molecule has 74 valence electrons. The maximum atomic E-state index is 10.8. The highest BCUT2D eigenvalue weighted by Gasteiger charge is 1.99. The highest BCUT2D eigenvalue weighted by molar-refractivity contribution is 5.88. The lowest BCUT2D eigenvalue weighted by molar-refractivity contribution is -0.112. The fourth-order valence-electron chi connectivity index (χ4n) is 1.05. The average molecular weight is 191 g/mol. The molecule has 0 bridgehead atoms. The molecule has 0 aliphatic heterocycles. The monoisotopic (exact) mass is 191 g/mol. The fraction of sp³-hybridized carbons (Fsp3) is 0.200. The standard InChI is InChI=1S/C10H13N3O/c1-7(6-8(2)14)13-10-9(11)4-3-5-12-10/h3-6H,11H2,1-2H3,(H,12,13)/b7-6-. The number of hydrogen-bond donors (Lipinski definition) is 2. The molecule has 4 heteroatoms. The lowest BCUT2D eigenvalue weighted by Crippen LogP contribution is -2.03. The van der Waals surface area contributed by atoms with E-state index in [2.05, 4.69) is 10.3 Å². The number of nitrogen functional groups attached to an aromatic ring is 1. The number of rotatable bonds is 3. The van der Waals surface area contributed by atoms with Gasteiger partial charge in [0.25, 0.3) is 0 Å². The number of ketones is 1. The van der Waals surface area contributed by atoms with Gasteiger partial charge in [-0.05, 0) is 32.1 Å². The molecule has 0 spiro atoms. The van der Waals surface area contributed by atoms with Crippen molar-refractivity contribution < 1.29 is 4.79 Å². The Hall–Kier alpha value is -1.84. The molecule has 0 radical (unpaired) electrons. The quantitative estimate of drug-likeness (QED) is 0.711. The smallest absolute Gasteiger partial charge is 0.154 e. The summed E-state index contributed by atoms with van der Waals surface area (Å²) in [5.74, 6) is 0.562. The first-order valence-electron chi connectivity index (χ1n) is 4.26. The molecule has 1 heterocycles. The molecule has 0 aliphatic carbocycles. The first-order valence-corrected chi connectivity index (χ1v) is 4.26. The van der Waals surface area contributed by atoms with Gasteiger partial charge in [-0.1, -0.05) is 0 Å². The number of nitrogens with two attached hydrogens (primary N) is 1. The Balaban J connectivity index is 2.79. The summed E-state index contributed by atoms with van der Waals surface area (Å²) in [6.45, 7) is 3.28. The van der Waals surface area contributed by atoms with Crippen molar-refractivity contribution in [1.29, 1.82) is 0 Å². The number of carbonyl (C=O) groups is 1. The van der Waals surface area contributed by atoms with Gasteiger partial charge in [0.1, 0.15) is 0 Å². The number of allylic oxidation sites excluding steroid dienone is 2. The summed E-state index contributed by atoms with van der Waals surface area (Å²) in [6.07, 6.45) is 3.13. The molecule has 3 N–H and O–H groups in total. The van der Waals surface area contributed by atoms with Gasteiger partial charge in [-0.2, -0.15) is 0 Å². The SMILES string of the molecule is CC(=O)/C=C(/C)Nc1ncccc1N. The van der Waals surface area contributed by atoms with Crippen LogP contribution < -0.4 is 11.1 Å². The van der Waals surface area contributed by atoms with Gasteiger partial charge in [0.05, 0.1) is 5.69 Å². The summed E-state index contributed by atoms with van der Waals surface area (Å²) in [5.41, 5.74) is 6.95. The number of aromatic nitrogens is 1. The van der Waals surface area contributed by atoms with Gasteiger partial charge < -0.3 is 11.1 Å². The van der Waals surface area contributed by atoms with Crippen LogP contribution in [-0.2, 0) is 4.79 Å². The first-order chi connectivity index (χ1) is 6.59. The molecule has 0 aliphatic rings. The molecule has 0 saturated heterocycles. The van der Waals surface area contributed by atoms with Crippen LogP contribution >= 0.6 is 0 Å². The lowest BCUT2D eigenvalue weighted by atomic mass is 10.3. The number of carbonyl (C=O) groups excluding carboxylic acids is 1. The van der Waals surface area contributed by atoms with Crippen molar-refractivity contribution in [2.75, 3.05) is 11.1 Å². The van der Waals surface area contributed by atoms with Gasteiger partial charge in [0.2, 0.25) is 0 Å². The number of pyridine rings is 1. The first kappa shape index (κ1) is 10.2. The second-order valence-electron chi connectivity index (χ2n) is 3.00. The Morgan fingerprint density at radius 2 is 2.29 bits per heavy atom. The summed E-state index contributed by atoms with van der Waals surface area (Å²) in [7, 11) is 0. The van der Waals surface area contributed by atoms with Crippen LogP contribution in [0.1, 0.15) is 13.8 Å². The summed E-state index contributed by atoms with van der Waals surface area (Å²) < 4.78 is 0. The summed E-state index contributed by atoms with van der Waals surface area (Å²) in [6, 6.07) is 3.50. The summed E-state index contributed by atoms with van der Waals surface area (Å²) in [4.78, 5) is 14.8. The van der Waals surface area contributed by atoms with Crippen LogP contribution in [0.4, 0.5) is 11.5 Å². The van der Waals surface area contributed by atoms with E-state index < -0.39 is 0 Å². The molecule has 14 heavy (non-hydrogen) atoms. The topological polar surface area (TPSA) is 68.0 Å². The lowest BCUT2D eigenvalue weighted by Gasteiger charge is -2.06. The van der Waals surface area contributed by atoms with E-state index in [4.69, 9.17) is 5.73 Å². The number of nitrogens with one attached hydrogen (secondary N) is 1. The molecular weight excluding hydrogens is 178 g/mol.